The number of pyridine rings is 1. The number of carboxylic acids is 1. The van der Waals surface area contributed by atoms with Crippen LogP contribution in [0.15, 0.2) is 36.5 Å². The van der Waals surface area contributed by atoms with Gasteiger partial charge in [0.2, 0.25) is 5.91 Å². The minimum Gasteiger partial charge on any atom is -0.480 e. The number of aliphatic carboxylic acids is 1. The molecule has 2 rings (SSSR count). The summed E-state index contributed by atoms with van der Waals surface area (Å²) in [5, 5.41) is 9.92. The quantitative estimate of drug-likeness (QED) is 0.853. The first-order valence-electron chi connectivity index (χ1n) is 7.44. The van der Waals surface area contributed by atoms with Gasteiger partial charge in [-0.2, -0.15) is 0 Å². The van der Waals surface area contributed by atoms with E-state index in [-0.39, 0.29) is 12.5 Å². The van der Waals surface area contributed by atoms with E-state index in [0.717, 1.165) is 22.9 Å². The van der Waals surface area contributed by atoms with Gasteiger partial charge < -0.3 is 10.0 Å². The zero-order valence-corrected chi connectivity index (χ0v) is 12.7. The lowest BCUT2D eigenvalue weighted by Crippen LogP contribution is -2.36. The zero-order valence-electron chi connectivity index (χ0n) is 12.7. The third kappa shape index (κ3) is 4.04. The predicted octanol–water partition coefficient (Wildman–Crippen LogP) is 2.49. The second-order valence-corrected chi connectivity index (χ2v) is 5.20. The summed E-state index contributed by atoms with van der Waals surface area (Å²) in [6.45, 7) is 2.17. The summed E-state index contributed by atoms with van der Waals surface area (Å²) in [4.78, 5) is 28.8. The first-order valence-corrected chi connectivity index (χ1v) is 7.44. The molecule has 2 aromatic rings. The van der Waals surface area contributed by atoms with Crippen LogP contribution in [0.2, 0.25) is 0 Å². The molecule has 1 aromatic carbocycles. The summed E-state index contributed by atoms with van der Waals surface area (Å²) in [6, 6.07) is 9.72. The Labute approximate surface area is 129 Å². The van der Waals surface area contributed by atoms with Crippen LogP contribution in [-0.2, 0) is 16.0 Å². The van der Waals surface area contributed by atoms with E-state index < -0.39 is 5.97 Å². The number of carbonyl (C=O) groups excluding carboxylic acids is 1. The van der Waals surface area contributed by atoms with Crippen LogP contribution in [0.3, 0.4) is 0 Å². The first kappa shape index (κ1) is 15.9. The second-order valence-electron chi connectivity index (χ2n) is 5.20. The molecule has 5 heteroatoms. The Bertz CT molecular complexity index is 665. The molecular formula is C17H20N2O3. The van der Waals surface area contributed by atoms with Crippen molar-refractivity contribution in [3.8, 4) is 0 Å². The number of amides is 1. The lowest BCUT2D eigenvalue weighted by molar-refractivity contribution is -0.144. The standard InChI is InChI=1S/C17H20N2O3/c1-2-11-19(12-17(21)22)16(20)8-7-13-9-10-18-15-6-4-3-5-14(13)15/h3-6,9-10H,2,7-8,11-12H2,1H3,(H,21,22). The Balaban J connectivity index is 2.07. The molecule has 1 heterocycles. The van der Waals surface area contributed by atoms with E-state index in [0.29, 0.717) is 19.4 Å². The number of hydrogen-bond acceptors (Lipinski definition) is 3. The van der Waals surface area contributed by atoms with E-state index in [1.54, 1.807) is 6.20 Å². The van der Waals surface area contributed by atoms with Crippen LogP contribution >= 0.6 is 0 Å². The van der Waals surface area contributed by atoms with Crippen molar-refractivity contribution in [1.82, 2.24) is 9.88 Å². The van der Waals surface area contributed by atoms with Crippen LogP contribution in [0.1, 0.15) is 25.3 Å². The summed E-state index contributed by atoms with van der Waals surface area (Å²) < 4.78 is 0. The monoisotopic (exact) mass is 300 g/mol. The maximum Gasteiger partial charge on any atom is 0.323 e. The van der Waals surface area contributed by atoms with Gasteiger partial charge >= 0.3 is 5.97 Å². The van der Waals surface area contributed by atoms with Crippen molar-refractivity contribution in [2.45, 2.75) is 26.2 Å². The van der Waals surface area contributed by atoms with Crippen molar-refractivity contribution in [3.05, 3.63) is 42.1 Å². The normalized spacial score (nSPS) is 10.6. The Kier molecular flexibility index (Phi) is 5.47. The summed E-state index contributed by atoms with van der Waals surface area (Å²) >= 11 is 0. The fraction of sp³-hybridized carbons (Fsp3) is 0.353. The number of benzene rings is 1. The Morgan fingerprint density at radius 1 is 1.23 bits per heavy atom. The predicted molar refractivity (Wildman–Crippen MR) is 84.6 cm³/mol. The van der Waals surface area contributed by atoms with Crippen molar-refractivity contribution >= 4 is 22.8 Å². The molecular weight excluding hydrogens is 280 g/mol. The van der Waals surface area contributed by atoms with E-state index in [1.165, 1.54) is 4.90 Å². The highest BCUT2D eigenvalue weighted by Crippen LogP contribution is 2.18. The maximum absolute atomic E-state index is 12.2. The molecule has 5 nitrogen and oxygen atoms in total. The molecule has 0 spiro atoms. The molecule has 0 radical (unpaired) electrons. The number of aryl methyl sites for hydroxylation is 1. The number of aromatic nitrogens is 1. The van der Waals surface area contributed by atoms with E-state index in [9.17, 15) is 9.59 Å². The Hall–Kier alpha value is -2.43. The second kappa shape index (κ2) is 7.54. The van der Waals surface area contributed by atoms with Crippen molar-refractivity contribution < 1.29 is 14.7 Å². The fourth-order valence-corrected chi connectivity index (χ4v) is 2.50. The van der Waals surface area contributed by atoms with E-state index in [2.05, 4.69) is 4.98 Å². The molecule has 0 aliphatic heterocycles. The van der Waals surface area contributed by atoms with Crippen LogP contribution < -0.4 is 0 Å². The van der Waals surface area contributed by atoms with Crippen LogP contribution in [0.5, 0.6) is 0 Å². The topological polar surface area (TPSA) is 70.5 Å². The number of carboxylic acid groups (broad SMARTS) is 1. The van der Waals surface area contributed by atoms with Gasteiger partial charge in [-0.3, -0.25) is 14.6 Å². The number of fused-ring (bicyclic) bond motifs is 1. The highest BCUT2D eigenvalue weighted by Gasteiger charge is 2.16. The third-order valence-corrected chi connectivity index (χ3v) is 3.52. The summed E-state index contributed by atoms with van der Waals surface area (Å²) in [7, 11) is 0. The van der Waals surface area contributed by atoms with Crippen molar-refractivity contribution in [1.29, 1.82) is 0 Å². The van der Waals surface area contributed by atoms with Crippen molar-refractivity contribution in [3.63, 3.8) is 0 Å². The van der Waals surface area contributed by atoms with E-state index in [4.69, 9.17) is 5.11 Å². The van der Waals surface area contributed by atoms with Gasteiger partial charge in [-0.15, -0.1) is 0 Å². The van der Waals surface area contributed by atoms with Crippen molar-refractivity contribution in [2.24, 2.45) is 0 Å². The first-order chi connectivity index (χ1) is 10.6. The molecule has 0 unspecified atom stereocenters. The Morgan fingerprint density at radius 2 is 2.00 bits per heavy atom. The average Bonchev–Trinajstić information content (AvgIpc) is 2.51. The number of rotatable bonds is 7. The molecule has 0 aliphatic carbocycles. The van der Waals surface area contributed by atoms with Crippen molar-refractivity contribution in [2.75, 3.05) is 13.1 Å². The summed E-state index contributed by atoms with van der Waals surface area (Å²) in [5.74, 6) is -1.10. The largest absolute Gasteiger partial charge is 0.480 e. The average molecular weight is 300 g/mol. The maximum atomic E-state index is 12.2. The molecule has 0 fully saturated rings. The third-order valence-electron chi connectivity index (χ3n) is 3.52. The molecule has 1 aromatic heterocycles. The van der Waals surface area contributed by atoms with Crippen LogP contribution in [0.25, 0.3) is 10.9 Å². The van der Waals surface area contributed by atoms with Gasteiger partial charge in [0.1, 0.15) is 6.54 Å². The van der Waals surface area contributed by atoms with Gasteiger partial charge in [0, 0.05) is 24.5 Å². The van der Waals surface area contributed by atoms with Crippen LogP contribution in [0.4, 0.5) is 0 Å². The van der Waals surface area contributed by atoms with E-state index in [1.807, 2.05) is 37.3 Å². The van der Waals surface area contributed by atoms with Crippen LogP contribution in [-0.4, -0.2) is 40.0 Å². The highest BCUT2D eigenvalue weighted by atomic mass is 16.4. The minimum absolute atomic E-state index is 0.120. The van der Waals surface area contributed by atoms with Gasteiger partial charge in [-0.25, -0.2) is 0 Å². The number of para-hydroxylation sites is 1. The number of nitrogens with zero attached hydrogens (tertiary/aromatic N) is 2. The molecule has 0 atom stereocenters. The molecule has 1 N–H and O–H groups in total. The highest BCUT2D eigenvalue weighted by molar-refractivity contribution is 5.84. The lowest BCUT2D eigenvalue weighted by Gasteiger charge is -2.20. The number of carbonyl (C=O) groups is 2. The SMILES string of the molecule is CCCN(CC(=O)O)C(=O)CCc1ccnc2ccccc12. The molecule has 1 amide bonds. The molecule has 0 saturated carbocycles. The summed E-state index contributed by atoms with van der Waals surface area (Å²) in [5.41, 5.74) is 1.97. The fourth-order valence-electron chi connectivity index (χ4n) is 2.50. The Morgan fingerprint density at radius 3 is 2.73 bits per heavy atom. The van der Waals surface area contributed by atoms with Gasteiger partial charge in [0.25, 0.3) is 0 Å². The molecule has 22 heavy (non-hydrogen) atoms. The molecule has 0 saturated heterocycles. The molecule has 0 aliphatic rings. The number of hydrogen-bond donors (Lipinski definition) is 1. The lowest BCUT2D eigenvalue weighted by atomic mass is 10.0. The van der Waals surface area contributed by atoms with Crippen LogP contribution in [0, 0.1) is 0 Å². The molecule has 116 valence electrons. The molecule has 0 bridgehead atoms. The van der Waals surface area contributed by atoms with Gasteiger partial charge in [0.05, 0.1) is 5.52 Å². The van der Waals surface area contributed by atoms with E-state index >= 15 is 0 Å². The zero-order chi connectivity index (χ0) is 15.9. The minimum atomic E-state index is -0.976. The van der Waals surface area contributed by atoms with Gasteiger partial charge in [-0.1, -0.05) is 25.1 Å². The summed E-state index contributed by atoms with van der Waals surface area (Å²) in [6.07, 6.45) is 3.38. The van der Waals surface area contributed by atoms with Gasteiger partial charge in [-0.05, 0) is 30.5 Å². The smallest absolute Gasteiger partial charge is 0.323 e. The van der Waals surface area contributed by atoms with Gasteiger partial charge in [0.15, 0.2) is 0 Å².